The lowest BCUT2D eigenvalue weighted by Crippen LogP contribution is -2.07. The molecule has 0 aliphatic rings. The van der Waals surface area contributed by atoms with Gasteiger partial charge in [-0.1, -0.05) is 29.5 Å². The van der Waals surface area contributed by atoms with Crippen LogP contribution in [0.4, 0.5) is 5.69 Å². The second-order valence-electron chi connectivity index (χ2n) is 5.79. The van der Waals surface area contributed by atoms with Crippen LogP contribution in [0, 0.1) is 6.92 Å². The van der Waals surface area contributed by atoms with E-state index < -0.39 is 0 Å². The van der Waals surface area contributed by atoms with Gasteiger partial charge in [-0.25, -0.2) is 4.98 Å². The lowest BCUT2D eigenvalue weighted by molar-refractivity contribution is 1.13. The number of benzene rings is 2. The highest BCUT2D eigenvalue weighted by atomic mass is 32.1. The van der Waals surface area contributed by atoms with Crippen molar-refractivity contribution in [2.24, 2.45) is 0 Å². The molecule has 2 aromatic heterocycles. The van der Waals surface area contributed by atoms with Crippen molar-refractivity contribution in [3.63, 3.8) is 0 Å². The highest BCUT2D eigenvalue weighted by Crippen LogP contribution is 2.30. The van der Waals surface area contributed by atoms with Crippen LogP contribution in [0.5, 0.6) is 0 Å². The Morgan fingerprint density at radius 2 is 1.82 bits per heavy atom. The van der Waals surface area contributed by atoms with E-state index in [0.29, 0.717) is 0 Å². The summed E-state index contributed by atoms with van der Waals surface area (Å²) in [6.07, 6.45) is 2.14. The fourth-order valence-corrected chi connectivity index (χ4v) is 3.67. The van der Waals surface area contributed by atoms with Gasteiger partial charge in [-0.2, -0.15) is 0 Å². The third-order valence-electron chi connectivity index (χ3n) is 3.93. The maximum absolute atomic E-state index is 4.79. The summed E-state index contributed by atoms with van der Waals surface area (Å²) in [4.78, 5) is 7.94. The quantitative estimate of drug-likeness (QED) is 0.540. The molecule has 0 N–H and O–H groups in total. The molecular weight excluding hydrogens is 290 g/mol. The van der Waals surface area contributed by atoms with Gasteiger partial charge in [-0.3, -0.25) is 4.40 Å². The third kappa shape index (κ3) is 2.07. The van der Waals surface area contributed by atoms with Crippen molar-refractivity contribution >= 4 is 32.2 Å². The van der Waals surface area contributed by atoms with E-state index in [1.54, 1.807) is 11.3 Å². The number of nitrogens with zero attached hydrogens (tertiary/aromatic N) is 3. The maximum atomic E-state index is 4.79. The molecule has 4 heteroatoms. The van der Waals surface area contributed by atoms with Gasteiger partial charge in [0.1, 0.15) is 0 Å². The maximum Gasteiger partial charge on any atom is 0.195 e. The Hall–Kier alpha value is -2.33. The molecule has 0 radical (unpaired) electrons. The number of aromatic nitrogens is 2. The molecule has 0 atom stereocenters. The molecule has 22 heavy (non-hydrogen) atoms. The molecule has 110 valence electrons. The Labute approximate surface area is 133 Å². The summed E-state index contributed by atoms with van der Waals surface area (Å²) < 4.78 is 3.48. The zero-order valence-electron chi connectivity index (χ0n) is 12.9. The molecule has 4 rings (SSSR count). The highest BCUT2D eigenvalue weighted by molar-refractivity contribution is 7.23. The summed E-state index contributed by atoms with van der Waals surface area (Å²) in [6, 6.07) is 15.1. The number of thiazole rings is 1. The van der Waals surface area contributed by atoms with Gasteiger partial charge in [0, 0.05) is 31.5 Å². The molecule has 0 saturated heterocycles. The van der Waals surface area contributed by atoms with Gasteiger partial charge in [-0.05, 0) is 36.8 Å². The Morgan fingerprint density at radius 3 is 2.55 bits per heavy atom. The first-order valence-electron chi connectivity index (χ1n) is 7.28. The number of imidazole rings is 1. The highest BCUT2D eigenvalue weighted by Gasteiger charge is 2.10. The minimum Gasteiger partial charge on any atom is -0.378 e. The van der Waals surface area contributed by atoms with Gasteiger partial charge in [-0.15, -0.1) is 0 Å². The second kappa shape index (κ2) is 4.85. The molecular formula is C18H17N3S. The van der Waals surface area contributed by atoms with Crippen molar-refractivity contribution in [2.45, 2.75) is 6.92 Å². The first kappa shape index (κ1) is 13.3. The summed E-state index contributed by atoms with van der Waals surface area (Å²) in [6.45, 7) is 2.13. The Kier molecular flexibility index (Phi) is 2.94. The molecule has 3 nitrogen and oxygen atoms in total. The molecule has 2 heterocycles. The van der Waals surface area contributed by atoms with Gasteiger partial charge >= 0.3 is 0 Å². The molecule has 2 aromatic carbocycles. The van der Waals surface area contributed by atoms with Crippen molar-refractivity contribution in [2.75, 3.05) is 19.0 Å². The molecule has 0 aliphatic heterocycles. The van der Waals surface area contributed by atoms with Crippen molar-refractivity contribution < 1.29 is 0 Å². The average Bonchev–Trinajstić information content (AvgIpc) is 3.05. The van der Waals surface area contributed by atoms with E-state index in [2.05, 4.69) is 79.0 Å². The molecule has 0 saturated carbocycles. The Morgan fingerprint density at radius 1 is 1.05 bits per heavy atom. The van der Waals surface area contributed by atoms with E-state index in [1.165, 1.54) is 21.5 Å². The van der Waals surface area contributed by atoms with Crippen LogP contribution in [0.1, 0.15) is 5.56 Å². The van der Waals surface area contributed by atoms with Gasteiger partial charge in [0.05, 0.1) is 15.9 Å². The van der Waals surface area contributed by atoms with E-state index in [0.717, 1.165) is 16.2 Å². The van der Waals surface area contributed by atoms with Gasteiger partial charge in [0.2, 0.25) is 0 Å². The predicted octanol–water partition coefficient (Wildman–Crippen LogP) is 4.59. The van der Waals surface area contributed by atoms with Crippen LogP contribution in [-0.2, 0) is 0 Å². The number of hydrogen-bond acceptors (Lipinski definition) is 3. The molecule has 0 spiro atoms. The molecule has 0 fully saturated rings. The Balaban J connectivity index is 1.83. The smallest absolute Gasteiger partial charge is 0.195 e. The summed E-state index contributed by atoms with van der Waals surface area (Å²) in [7, 11) is 4.10. The Bertz CT molecular complexity index is 961. The van der Waals surface area contributed by atoms with Gasteiger partial charge in [0.25, 0.3) is 0 Å². The fraction of sp³-hybridized carbons (Fsp3) is 0.167. The first-order valence-corrected chi connectivity index (χ1v) is 8.09. The molecule has 0 aliphatic carbocycles. The van der Waals surface area contributed by atoms with Crippen LogP contribution >= 0.6 is 11.3 Å². The van der Waals surface area contributed by atoms with E-state index in [1.807, 2.05) is 0 Å². The molecule has 0 bridgehead atoms. The number of hydrogen-bond donors (Lipinski definition) is 0. The summed E-state index contributed by atoms with van der Waals surface area (Å²) >= 11 is 1.74. The fourth-order valence-electron chi connectivity index (χ4n) is 2.68. The predicted molar refractivity (Wildman–Crippen MR) is 95.1 cm³/mol. The lowest BCUT2D eigenvalue weighted by Gasteiger charge is -2.12. The lowest BCUT2D eigenvalue weighted by atomic mass is 10.1. The van der Waals surface area contributed by atoms with E-state index >= 15 is 0 Å². The van der Waals surface area contributed by atoms with Crippen LogP contribution in [0.2, 0.25) is 0 Å². The third-order valence-corrected chi connectivity index (χ3v) is 4.96. The number of anilines is 1. The van der Waals surface area contributed by atoms with Crippen molar-refractivity contribution in [3.05, 3.63) is 54.2 Å². The van der Waals surface area contributed by atoms with Crippen molar-refractivity contribution in [3.8, 4) is 11.3 Å². The summed E-state index contributed by atoms with van der Waals surface area (Å²) in [5.74, 6) is 0. The van der Waals surface area contributed by atoms with Crippen LogP contribution in [-0.4, -0.2) is 23.5 Å². The van der Waals surface area contributed by atoms with Crippen LogP contribution in [0.15, 0.2) is 48.7 Å². The molecule has 0 unspecified atom stereocenters. The standard InChI is InChI=1S/C18H17N3S/c1-12-4-9-17-16(10-12)21-11-15(19-18(21)22-17)13-5-7-14(8-6-13)20(2)3/h4-11H,1-3H3. The molecule has 4 aromatic rings. The normalized spacial score (nSPS) is 11.4. The van der Waals surface area contributed by atoms with E-state index in [-0.39, 0.29) is 0 Å². The topological polar surface area (TPSA) is 20.5 Å². The zero-order valence-corrected chi connectivity index (χ0v) is 13.7. The second-order valence-corrected chi connectivity index (χ2v) is 6.80. The molecule has 0 amide bonds. The largest absolute Gasteiger partial charge is 0.378 e. The first-order chi connectivity index (χ1) is 10.6. The van der Waals surface area contributed by atoms with Crippen LogP contribution in [0.3, 0.4) is 0 Å². The van der Waals surface area contributed by atoms with Crippen molar-refractivity contribution in [1.82, 2.24) is 9.38 Å². The number of fused-ring (bicyclic) bond motifs is 3. The zero-order chi connectivity index (χ0) is 15.3. The van der Waals surface area contributed by atoms with Gasteiger partial charge < -0.3 is 4.90 Å². The minimum atomic E-state index is 1.03. The van der Waals surface area contributed by atoms with Crippen LogP contribution in [0.25, 0.3) is 26.4 Å². The number of aryl methyl sites for hydroxylation is 1. The monoisotopic (exact) mass is 307 g/mol. The van der Waals surface area contributed by atoms with E-state index in [9.17, 15) is 0 Å². The average molecular weight is 307 g/mol. The van der Waals surface area contributed by atoms with Gasteiger partial charge in [0.15, 0.2) is 4.96 Å². The summed E-state index contributed by atoms with van der Waals surface area (Å²) in [5.41, 5.74) is 5.90. The SMILES string of the molecule is Cc1ccc2sc3nc(-c4ccc(N(C)C)cc4)cn3c2c1. The van der Waals surface area contributed by atoms with Crippen molar-refractivity contribution in [1.29, 1.82) is 0 Å². The van der Waals surface area contributed by atoms with Crippen LogP contribution < -0.4 is 4.90 Å². The van der Waals surface area contributed by atoms with E-state index in [4.69, 9.17) is 4.98 Å². The summed E-state index contributed by atoms with van der Waals surface area (Å²) in [5, 5.41) is 0. The minimum absolute atomic E-state index is 1.03. The number of rotatable bonds is 2.